The second kappa shape index (κ2) is 7.31. The summed E-state index contributed by atoms with van der Waals surface area (Å²) >= 11 is 0. The number of carbonyl (C=O) groups excluding carboxylic acids is 2. The number of methoxy groups -OCH3 is 1. The summed E-state index contributed by atoms with van der Waals surface area (Å²) in [6.07, 6.45) is 2.02. The van der Waals surface area contributed by atoms with Crippen LogP contribution in [0.2, 0.25) is 0 Å². The van der Waals surface area contributed by atoms with Gasteiger partial charge in [0.25, 0.3) is 0 Å². The van der Waals surface area contributed by atoms with E-state index in [-0.39, 0.29) is 16.4 Å². The van der Waals surface area contributed by atoms with E-state index in [1.54, 1.807) is 6.92 Å². The van der Waals surface area contributed by atoms with Crippen molar-refractivity contribution >= 4 is 21.9 Å². The van der Waals surface area contributed by atoms with Crippen LogP contribution in [0.15, 0.2) is 23.1 Å². The Hall–Kier alpha value is -1.93. The standard InChI is InChI=1S/C16H22N2O5S/c1-11-10-12(16(20)23-3)7-8-14(11)24(21,22)18-9-5-4-6-13(18)15(19)17-2/h7-8,10,13H,4-6,9H2,1-3H3,(H,17,19)/t13-/m0/s1. The number of rotatable bonds is 4. The molecule has 1 aliphatic heterocycles. The molecule has 7 nitrogen and oxygen atoms in total. The molecular weight excluding hydrogens is 332 g/mol. The number of sulfonamides is 1. The Labute approximate surface area is 142 Å². The Kier molecular flexibility index (Phi) is 5.61. The molecule has 1 aromatic carbocycles. The Morgan fingerprint density at radius 1 is 1.29 bits per heavy atom. The van der Waals surface area contributed by atoms with Crippen LogP contribution in [-0.4, -0.2) is 51.3 Å². The lowest BCUT2D eigenvalue weighted by Crippen LogP contribution is -2.51. The molecule has 0 aliphatic carbocycles. The first-order chi connectivity index (χ1) is 11.3. The van der Waals surface area contributed by atoms with E-state index in [4.69, 9.17) is 0 Å². The van der Waals surface area contributed by atoms with Gasteiger partial charge in [0.15, 0.2) is 0 Å². The molecule has 0 unspecified atom stereocenters. The molecule has 0 saturated carbocycles. The van der Waals surface area contributed by atoms with Gasteiger partial charge >= 0.3 is 5.97 Å². The van der Waals surface area contributed by atoms with Crippen LogP contribution in [0.1, 0.15) is 35.2 Å². The van der Waals surface area contributed by atoms with E-state index in [0.29, 0.717) is 24.9 Å². The second-order valence-corrected chi connectivity index (χ2v) is 7.57. The van der Waals surface area contributed by atoms with Crippen LogP contribution in [0.25, 0.3) is 0 Å². The number of hydrogen-bond donors (Lipinski definition) is 1. The quantitative estimate of drug-likeness (QED) is 0.817. The maximum absolute atomic E-state index is 13.0. The number of likely N-dealkylation sites (N-methyl/N-ethyl adjacent to an activating group) is 1. The predicted molar refractivity (Wildman–Crippen MR) is 88.1 cm³/mol. The minimum Gasteiger partial charge on any atom is -0.465 e. The molecule has 1 heterocycles. The van der Waals surface area contributed by atoms with E-state index in [0.717, 1.165) is 6.42 Å². The summed E-state index contributed by atoms with van der Waals surface area (Å²) in [4.78, 5) is 23.7. The van der Waals surface area contributed by atoms with Crippen molar-refractivity contribution in [3.05, 3.63) is 29.3 Å². The van der Waals surface area contributed by atoms with Crippen LogP contribution < -0.4 is 5.32 Å². The van der Waals surface area contributed by atoms with Crippen molar-refractivity contribution in [2.75, 3.05) is 20.7 Å². The van der Waals surface area contributed by atoms with Crippen molar-refractivity contribution in [3.63, 3.8) is 0 Å². The van der Waals surface area contributed by atoms with Crippen molar-refractivity contribution in [3.8, 4) is 0 Å². The molecule has 1 amide bonds. The molecule has 1 aliphatic rings. The van der Waals surface area contributed by atoms with Crippen LogP contribution in [0.3, 0.4) is 0 Å². The van der Waals surface area contributed by atoms with Crippen molar-refractivity contribution in [2.24, 2.45) is 0 Å². The van der Waals surface area contributed by atoms with Gasteiger partial charge in [-0.15, -0.1) is 0 Å². The normalized spacial score (nSPS) is 18.9. The summed E-state index contributed by atoms with van der Waals surface area (Å²) in [6, 6.07) is 3.60. The molecule has 1 fully saturated rings. The summed E-state index contributed by atoms with van der Waals surface area (Å²) < 4.78 is 31.9. The van der Waals surface area contributed by atoms with Gasteiger partial charge in [-0.25, -0.2) is 13.2 Å². The largest absolute Gasteiger partial charge is 0.465 e. The van der Waals surface area contributed by atoms with E-state index in [1.165, 1.54) is 36.7 Å². The van der Waals surface area contributed by atoms with E-state index in [9.17, 15) is 18.0 Å². The molecule has 132 valence electrons. The number of esters is 1. The third-order valence-corrected chi connectivity index (χ3v) is 6.25. The van der Waals surface area contributed by atoms with Crippen LogP contribution in [0, 0.1) is 6.92 Å². The van der Waals surface area contributed by atoms with Crippen molar-refractivity contribution in [1.82, 2.24) is 9.62 Å². The zero-order valence-electron chi connectivity index (χ0n) is 14.0. The lowest BCUT2D eigenvalue weighted by molar-refractivity contribution is -0.125. The molecular formula is C16H22N2O5S. The maximum Gasteiger partial charge on any atom is 0.337 e. The molecule has 1 atom stereocenters. The summed E-state index contributed by atoms with van der Waals surface area (Å²) in [7, 11) is -1.06. The van der Waals surface area contributed by atoms with Gasteiger partial charge in [-0.1, -0.05) is 6.42 Å². The summed E-state index contributed by atoms with van der Waals surface area (Å²) in [6.45, 7) is 1.93. The van der Waals surface area contributed by atoms with E-state index < -0.39 is 22.0 Å². The van der Waals surface area contributed by atoms with E-state index >= 15 is 0 Å². The summed E-state index contributed by atoms with van der Waals surface area (Å²) in [5.74, 6) is -0.828. The zero-order chi connectivity index (χ0) is 17.9. The highest BCUT2D eigenvalue weighted by Crippen LogP contribution is 2.28. The summed E-state index contributed by atoms with van der Waals surface area (Å²) in [5, 5.41) is 2.53. The number of nitrogens with one attached hydrogen (secondary N) is 1. The number of carbonyl (C=O) groups is 2. The predicted octanol–water partition coefficient (Wildman–Crippen LogP) is 1.07. The van der Waals surface area contributed by atoms with Crippen LogP contribution in [-0.2, 0) is 19.6 Å². The first-order valence-electron chi connectivity index (χ1n) is 7.75. The molecule has 24 heavy (non-hydrogen) atoms. The fourth-order valence-corrected chi connectivity index (χ4v) is 4.80. The van der Waals surface area contributed by atoms with Crippen LogP contribution in [0.4, 0.5) is 0 Å². The van der Waals surface area contributed by atoms with E-state index in [2.05, 4.69) is 10.1 Å². The molecule has 0 bridgehead atoms. The van der Waals surface area contributed by atoms with Crippen molar-refractivity contribution in [2.45, 2.75) is 37.1 Å². The molecule has 8 heteroatoms. The average Bonchev–Trinajstić information content (AvgIpc) is 2.59. The van der Waals surface area contributed by atoms with Gasteiger partial charge in [-0.2, -0.15) is 4.31 Å². The number of benzene rings is 1. The Balaban J connectivity index is 2.42. The summed E-state index contributed by atoms with van der Waals surface area (Å²) in [5.41, 5.74) is 0.731. The van der Waals surface area contributed by atoms with Gasteiger partial charge in [-0.3, -0.25) is 4.79 Å². The molecule has 2 rings (SSSR count). The van der Waals surface area contributed by atoms with Crippen molar-refractivity contribution < 1.29 is 22.7 Å². The fraction of sp³-hybridized carbons (Fsp3) is 0.500. The van der Waals surface area contributed by atoms with Gasteiger partial charge in [0.05, 0.1) is 17.6 Å². The molecule has 1 aromatic rings. The highest BCUT2D eigenvalue weighted by molar-refractivity contribution is 7.89. The first kappa shape index (κ1) is 18.4. The minimum absolute atomic E-state index is 0.103. The number of piperidine rings is 1. The van der Waals surface area contributed by atoms with Crippen LogP contribution in [0.5, 0.6) is 0 Å². The van der Waals surface area contributed by atoms with Gasteiger partial charge in [0, 0.05) is 13.6 Å². The lowest BCUT2D eigenvalue weighted by atomic mass is 10.0. The topological polar surface area (TPSA) is 92.8 Å². The van der Waals surface area contributed by atoms with Gasteiger partial charge in [0.1, 0.15) is 6.04 Å². The fourth-order valence-electron chi connectivity index (χ4n) is 2.93. The molecule has 0 aromatic heterocycles. The number of amides is 1. The minimum atomic E-state index is -3.83. The van der Waals surface area contributed by atoms with Gasteiger partial charge in [-0.05, 0) is 43.5 Å². The van der Waals surface area contributed by atoms with Crippen LogP contribution >= 0.6 is 0 Å². The molecule has 0 spiro atoms. The molecule has 1 saturated heterocycles. The second-order valence-electron chi connectivity index (χ2n) is 5.71. The molecule has 1 N–H and O–H groups in total. The number of hydrogen-bond acceptors (Lipinski definition) is 5. The zero-order valence-corrected chi connectivity index (χ0v) is 14.9. The smallest absolute Gasteiger partial charge is 0.337 e. The first-order valence-corrected chi connectivity index (χ1v) is 9.19. The van der Waals surface area contributed by atoms with E-state index in [1.807, 2.05) is 0 Å². The average molecular weight is 354 g/mol. The monoisotopic (exact) mass is 354 g/mol. The highest BCUT2D eigenvalue weighted by Gasteiger charge is 2.37. The third-order valence-electron chi connectivity index (χ3n) is 4.19. The van der Waals surface area contributed by atoms with Gasteiger partial charge < -0.3 is 10.1 Å². The maximum atomic E-state index is 13.0. The Morgan fingerprint density at radius 2 is 2.00 bits per heavy atom. The Morgan fingerprint density at radius 3 is 2.58 bits per heavy atom. The number of nitrogens with zero attached hydrogens (tertiary/aromatic N) is 1. The lowest BCUT2D eigenvalue weighted by Gasteiger charge is -2.33. The number of ether oxygens (including phenoxy) is 1. The Bertz CT molecular complexity index is 745. The third kappa shape index (κ3) is 3.44. The van der Waals surface area contributed by atoms with Gasteiger partial charge in [0.2, 0.25) is 15.9 Å². The SMILES string of the molecule is CNC(=O)[C@@H]1CCCCN1S(=O)(=O)c1ccc(C(=O)OC)cc1C. The number of aryl methyl sites for hydroxylation is 1. The molecule has 0 radical (unpaired) electrons. The van der Waals surface area contributed by atoms with Crippen molar-refractivity contribution in [1.29, 1.82) is 0 Å². The highest BCUT2D eigenvalue weighted by atomic mass is 32.2.